The number of hydrogen-bond donors (Lipinski definition) is 3. The first-order chi connectivity index (χ1) is 6.77. The van der Waals surface area contributed by atoms with Crippen molar-refractivity contribution in [2.24, 2.45) is 5.84 Å². The van der Waals surface area contributed by atoms with Gasteiger partial charge in [-0.2, -0.15) is 0 Å². The van der Waals surface area contributed by atoms with Crippen LogP contribution in [0.2, 0.25) is 0 Å². The molecule has 4 heteroatoms. The third-order valence-corrected chi connectivity index (χ3v) is 1.72. The summed E-state index contributed by atoms with van der Waals surface area (Å²) in [4.78, 5) is 11.4. The Morgan fingerprint density at radius 3 is 2.57 bits per heavy atom. The Labute approximate surface area is 82.8 Å². The molecule has 0 radical (unpaired) electrons. The second-order valence-corrected chi connectivity index (χ2v) is 2.72. The lowest BCUT2D eigenvalue weighted by atomic mass is 10.2. The lowest BCUT2D eigenvalue weighted by Gasteiger charge is -2.03. The van der Waals surface area contributed by atoms with E-state index in [0.29, 0.717) is 12.1 Å². The molecule has 0 aliphatic rings. The molecule has 14 heavy (non-hydrogen) atoms. The van der Waals surface area contributed by atoms with Crippen molar-refractivity contribution in [1.82, 2.24) is 5.32 Å². The van der Waals surface area contributed by atoms with Gasteiger partial charge in [-0.25, -0.2) is 0 Å². The van der Waals surface area contributed by atoms with Crippen LogP contribution in [0.4, 0.5) is 5.69 Å². The van der Waals surface area contributed by atoms with Crippen LogP contribution >= 0.6 is 0 Å². The Bertz CT molecular complexity index is 319. The van der Waals surface area contributed by atoms with Crippen molar-refractivity contribution in [1.29, 1.82) is 0 Å². The van der Waals surface area contributed by atoms with Crippen LogP contribution < -0.4 is 16.6 Å². The number of nitrogens with one attached hydrogen (secondary N) is 2. The van der Waals surface area contributed by atoms with Crippen LogP contribution in [0.5, 0.6) is 0 Å². The number of rotatable bonds is 4. The van der Waals surface area contributed by atoms with Crippen molar-refractivity contribution < 1.29 is 4.79 Å². The molecule has 0 saturated heterocycles. The zero-order valence-corrected chi connectivity index (χ0v) is 7.79. The first kappa shape index (κ1) is 10.3. The maximum atomic E-state index is 11.4. The lowest BCUT2D eigenvalue weighted by Crippen LogP contribution is -2.23. The van der Waals surface area contributed by atoms with Crippen molar-refractivity contribution in [3.05, 3.63) is 42.5 Å². The molecule has 0 unspecified atom stereocenters. The van der Waals surface area contributed by atoms with Crippen LogP contribution in [0.15, 0.2) is 36.9 Å². The number of amides is 1. The number of hydrazine groups is 1. The van der Waals surface area contributed by atoms with Gasteiger partial charge in [0.05, 0.1) is 0 Å². The Morgan fingerprint density at radius 2 is 2.07 bits per heavy atom. The second kappa shape index (κ2) is 5.04. The largest absolute Gasteiger partial charge is 0.349 e. The summed E-state index contributed by atoms with van der Waals surface area (Å²) in [7, 11) is 0. The maximum Gasteiger partial charge on any atom is 0.251 e. The summed E-state index contributed by atoms with van der Waals surface area (Å²) in [6.45, 7) is 3.98. The van der Waals surface area contributed by atoms with Crippen molar-refractivity contribution in [3.63, 3.8) is 0 Å². The van der Waals surface area contributed by atoms with Crippen LogP contribution in [0, 0.1) is 0 Å². The quantitative estimate of drug-likeness (QED) is 0.376. The van der Waals surface area contributed by atoms with Crippen LogP contribution in [-0.4, -0.2) is 12.5 Å². The van der Waals surface area contributed by atoms with Gasteiger partial charge in [0.25, 0.3) is 5.91 Å². The Balaban J connectivity index is 2.66. The maximum absolute atomic E-state index is 11.4. The molecular formula is C10H13N3O. The number of benzene rings is 1. The number of nitrogen functional groups attached to an aromatic ring is 1. The Morgan fingerprint density at radius 1 is 1.43 bits per heavy atom. The summed E-state index contributed by atoms with van der Waals surface area (Å²) in [6.07, 6.45) is 1.63. The number of hydrogen-bond acceptors (Lipinski definition) is 3. The number of anilines is 1. The fraction of sp³-hybridized carbons (Fsp3) is 0.100. The standard InChI is InChI=1S/C10H13N3O/c1-2-7-12-10(14)8-3-5-9(13-11)6-4-8/h2-6,13H,1,7,11H2,(H,12,14). The molecule has 1 amide bonds. The molecule has 0 heterocycles. The van der Waals surface area contributed by atoms with E-state index in [0.717, 1.165) is 5.69 Å². The smallest absolute Gasteiger partial charge is 0.251 e. The van der Waals surface area contributed by atoms with E-state index in [1.807, 2.05) is 0 Å². The van der Waals surface area contributed by atoms with Crippen LogP contribution in [0.25, 0.3) is 0 Å². The van der Waals surface area contributed by atoms with Gasteiger partial charge < -0.3 is 10.7 Å². The van der Waals surface area contributed by atoms with Gasteiger partial charge in [0.2, 0.25) is 0 Å². The van der Waals surface area contributed by atoms with Crippen molar-refractivity contribution in [3.8, 4) is 0 Å². The van der Waals surface area contributed by atoms with E-state index in [9.17, 15) is 4.79 Å². The minimum absolute atomic E-state index is 0.117. The minimum Gasteiger partial charge on any atom is -0.349 e. The normalized spacial score (nSPS) is 9.21. The summed E-state index contributed by atoms with van der Waals surface area (Å²) in [5, 5.41) is 2.68. The van der Waals surface area contributed by atoms with Crippen LogP contribution in [-0.2, 0) is 0 Å². The summed E-state index contributed by atoms with van der Waals surface area (Å²) >= 11 is 0. The van der Waals surface area contributed by atoms with Crippen molar-refractivity contribution in [2.45, 2.75) is 0 Å². The molecule has 0 spiro atoms. The first-order valence-corrected chi connectivity index (χ1v) is 4.23. The van der Waals surface area contributed by atoms with Gasteiger partial charge in [-0.05, 0) is 24.3 Å². The van der Waals surface area contributed by atoms with Gasteiger partial charge in [-0.15, -0.1) is 6.58 Å². The van der Waals surface area contributed by atoms with E-state index in [4.69, 9.17) is 5.84 Å². The molecule has 4 nitrogen and oxygen atoms in total. The zero-order chi connectivity index (χ0) is 10.4. The highest BCUT2D eigenvalue weighted by atomic mass is 16.1. The third-order valence-electron chi connectivity index (χ3n) is 1.72. The highest BCUT2D eigenvalue weighted by molar-refractivity contribution is 5.94. The fourth-order valence-corrected chi connectivity index (χ4v) is 0.985. The predicted molar refractivity (Wildman–Crippen MR) is 56.8 cm³/mol. The summed E-state index contributed by atoms with van der Waals surface area (Å²) in [6, 6.07) is 6.88. The average Bonchev–Trinajstić information content (AvgIpc) is 2.26. The molecule has 1 aromatic rings. The highest BCUT2D eigenvalue weighted by Crippen LogP contribution is 2.07. The molecule has 0 aliphatic heterocycles. The number of carbonyl (C=O) groups excluding carboxylic acids is 1. The number of nitrogens with two attached hydrogens (primary N) is 1. The molecule has 0 fully saturated rings. The van der Waals surface area contributed by atoms with Gasteiger partial charge in [0, 0.05) is 17.8 Å². The van der Waals surface area contributed by atoms with Crippen LogP contribution in [0.1, 0.15) is 10.4 Å². The van der Waals surface area contributed by atoms with E-state index < -0.39 is 0 Å². The van der Waals surface area contributed by atoms with Crippen molar-refractivity contribution in [2.75, 3.05) is 12.0 Å². The molecule has 0 aromatic heterocycles. The molecule has 0 atom stereocenters. The van der Waals surface area contributed by atoms with E-state index in [1.165, 1.54) is 0 Å². The molecule has 1 rings (SSSR count). The van der Waals surface area contributed by atoms with E-state index in [1.54, 1.807) is 30.3 Å². The SMILES string of the molecule is C=CCNC(=O)c1ccc(NN)cc1. The zero-order valence-electron chi connectivity index (χ0n) is 7.79. The molecule has 74 valence electrons. The van der Waals surface area contributed by atoms with E-state index in [-0.39, 0.29) is 5.91 Å². The third kappa shape index (κ3) is 2.60. The lowest BCUT2D eigenvalue weighted by molar-refractivity contribution is 0.0958. The van der Waals surface area contributed by atoms with Gasteiger partial charge >= 0.3 is 0 Å². The first-order valence-electron chi connectivity index (χ1n) is 4.23. The van der Waals surface area contributed by atoms with Crippen LogP contribution in [0.3, 0.4) is 0 Å². The topological polar surface area (TPSA) is 67.2 Å². The Kier molecular flexibility index (Phi) is 3.69. The van der Waals surface area contributed by atoms with E-state index in [2.05, 4.69) is 17.3 Å². The Hall–Kier alpha value is -1.81. The number of carbonyl (C=O) groups is 1. The highest BCUT2D eigenvalue weighted by Gasteiger charge is 2.02. The monoisotopic (exact) mass is 191 g/mol. The summed E-state index contributed by atoms with van der Waals surface area (Å²) in [5.41, 5.74) is 3.86. The molecule has 1 aromatic carbocycles. The summed E-state index contributed by atoms with van der Waals surface area (Å²) < 4.78 is 0. The van der Waals surface area contributed by atoms with Gasteiger partial charge in [-0.1, -0.05) is 6.08 Å². The van der Waals surface area contributed by atoms with E-state index >= 15 is 0 Å². The summed E-state index contributed by atoms with van der Waals surface area (Å²) in [5.74, 6) is 5.08. The molecule has 4 N–H and O–H groups in total. The second-order valence-electron chi connectivity index (χ2n) is 2.72. The van der Waals surface area contributed by atoms with Crippen molar-refractivity contribution >= 4 is 11.6 Å². The van der Waals surface area contributed by atoms with Gasteiger partial charge in [0.1, 0.15) is 0 Å². The molecule has 0 saturated carbocycles. The average molecular weight is 191 g/mol. The minimum atomic E-state index is -0.117. The van der Waals surface area contributed by atoms with Gasteiger partial charge in [-0.3, -0.25) is 10.6 Å². The molecule has 0 aliphatic carbocycles. The fourth-order valence-electron chi connectivity index (χ4n) is 0.985. The van der Waals surface area contributed by atoms with Gasteiger partial charge in [0.15, 0.2) is 0 Å². The predicted octanol–water partition coefficient (Wildman–Crippen LogP) is 0.888. The molecule has 0 bridgehead atoms. The molecular weight excluding hydrogens is 178 g/mol.